The fourth-order valence-corrected chi connectivity index (χ4v) is 6.42. The van der Waals surface area contributed by atoms with Crippen molar-refractivity contribution in [3.05, 3.63) is 58.6 Å². The van der Waals surface area contributed by atoms with E-state index >= 15 is 0 Å². The van der Waals surface area contributed by atoms with E-state index < -0.39 is 26.0 Å². The molecule has 2 atom stereocenters. The first kappa shape index (κ1) is 40.1. The Kier molecular flexibility index (Phi) is 22.6. The number of nitrogens with two attached hydrogens (primary N) is 1. The lowest BCUT2D eigenvalue weighted by Gasteiger charge is -2.22. The van der Waals surface area contributed by atoms with Crippen molar-refractivity contribution >= 4 is 13.4 Å². The SMILES string of the molecule is CCCCCCCCCCCCCCCCCCOCCO[P@](=O)(COC(CO)Cn1ccc(N)nc1=O)OCc1ccccc1. The van der Waals surface area contributed by atoms with Crippen molar-refractivity contribution < 1.29 is 28.2 Å². The predicted octanol–water partition coefficient (Wildman–Crippen LogP) is 7.87. The Morgan fingerprint density at radius 3 is 1.96 bits per heavy atom. The van der Waals surface area contributed by atoms with Crippen molar-refractivity contribution in [2.24, 2.45) is 0 Å². The monoisotopic (exact) mass is 665 g/mol. The fourth-order valence-electron chi connectivity index (χ4n) is 5.11. The van der Waals surface area contributed by atoms with Crippen LogP contribution in [-0.2, 0) is 36.2 Å². The van der Waals surface area contributed by atoms with Crippen LogP contribution in [-0.4, -0.2) is 53.5 Å². The maximum absolute atomic E-state index is 13.6. The molecule has 0 amide bonds. The van der Waals surface area contributed by atoms with Crippen LogP contribution in [0.5, 0.6) is 0 Å². The summed E-state index contributed by atoms with van der Waals surface area (Å²) in [4.78, 5) is 15.7. The molecule has 3 N–H and O–H groups in total. The van der Waals surface area contributed by atoms with E-state index in [1.54, 1.807) is 0 Å². The third-order valence-electron chi connectivity index (χ3n) is 7.90. The van der Waals surface area contributed by atoms with Gasteiger partial charge in [-0.15, -0.1) is 0 Å². The summed E-state index contributed by atoms with van der Waals surface area (Å²) >= 11 is 0. The van der Waals surface area contributed by atoms with Gasteiger partial charge in [0.2, 0.25) is 0 Å². The number of benzene rings is 1. The molecule has 10 nitrogen and oxygen atoms in total. The van der Waals surface area contributed by atoms with Gasteiger partial charge in [0.05, 0.1) is 39.1 Å². The van der Waals surface area contributed by atoms with Gasteiger partial charge in [0.1, 0.15) is 12.2 Å². The zero-order valence-electron chi connectivity index (χ0n) is 28.2. The second kappa shape index (κ2) is 26.0. The molecule has 1 unspecified atom stereocenters. The van der Waals surface area contributed by atoms with Gasteiger partial charge in [0, 0.05) is 12.8 Å². The van der Waals surface area contributed by atoms with Crippen molar-refractivity contribution in [2.75, 3.05) is 38.5 Å². The maximum Gasteiger partial charge on any atom is 0.356 e. The van der Waals surface area contributed by atoms with Gasteiger partial charge in [0.25, 0.3) is 0 Å². The van der Waals surface area contributed by atoms with Crippen LogP contribution in [0, 0.1) is 0 Å². The summed E-state index contributed by atoms with van der Waals surface area (Å²) < 4.78 is 37.6. The van der Waals surface area contributed by atoms with Gasteiger partial charge >= 0.3 is 13.3 Å². The summed E-state index contributed by atoms with van der Waals surface area (Å²) in [7, 11) is -3.71. The Morgan fingerprint density at radius 2 is 1.39 bits per heavy atom. The molecule has 0 spiro atoms. The Balaban J connectivity index is 1.58. The summed E-state index contributed by atoms with van der Waals surface area (Å²) in [5, 5.41) is 9.81. The molecular formula is C35H60N3O7P. The molecule has 2 rings (SSSR count). The van der Waals surface area contributed by atoms with Gasteiger partial charge in [0.15, 0.2) is 0 Å². The molecule has 262 valence electrons. The van der Waals surface area contributed by atoms with E-state index in [1.807, 2.05) is 30.3 Å². The summed E-state index contributed by atoms with van der Waals surface area (Å²) in [5.41, 5.74) is 5.82. The smallest absolute Gasteiger partial charge is 0.356 e. The lowest BCUT2D eigenvalue weighted by atomic mass is 10.0. The quantitative estimate of drug-likeness (QED) is 0.0631. The Morgan fingerprint density at radius 1 is 0.804 bits per heavy atom. The number of unbranched alkanes of at least 4 members (excludes halogenated alkanes) is 15. The average Bonchev–Trinajstić information content (AvgIpc) is 3.06. The normalized spacial score (nSPS) is 13.5. The highest BCUT2D eigenvalue weighted by atomic mass is 31.2. The zero-order chi connectivity index (χ0) is 33.1. The van der Waals surface area contributed by atoms with Crippen LogP contribution in [0.4, 0.5) is 5.82 Å². The predicted molar refractivity (Wildman–Crippen MR) is 185 cm³/mol. The Labute approximate surface area is 276 Å². The summed E-state index contributed by atoms with van der Waals surface area (Å²) in [6, 6.07) is 10.8. The number of aliphatic hydroxyl groups is 1. The number of hydrogen-bond donors (Lipinski definition) is 2. The largest absolute Gasteiger partial charge is 0.394 e. The van der Waals surface area contributed by atoms with Crippen molar-refractivity contribution in [2.45, 2.75) is 129 Å². The number of ether oxygens (including phenoxy) is 2. The number of nitrogens with zero attached hydrogens (tertiary/aromatic N) is 2. The van der Waals surface area contributed by atoms with Gasteiger partial charge in [-0.3, -0.25) is 9.13 Å². The van der Waals surface area contributed by atoms with Crippen molar-refractivity contribution in [1.82, 2.24) is 9.55 Å². The van der Waals surface area contributed by atoms with Crippen LogP contribution in [0.1, 0.15) is 115 Å². The van der Waals surface area contributed by atoms with E-state index in [-0.39, 0.29) is 38.5 Å². The standard InChI is InChI=1S/C35H60N3O7P/c1-2-3-4-5-6-7-8-9-10-11-12-13-14-15-16-20-25-42-26-27-44-46(41,45-30-32-21-18-17-19-22-32)31-43-33(29-39)28-38-24-23-34(36)37-35(38)40/h17-19,21-24,33,39H,2-16,20,25-31H2,1H3,(H2,36,37,40)/t33?,46-/m1/s1. The first-order valence-corrected chi connectivity index (χ1v) is 19.2. The van der Waals surface area contributed by atoms with E-state index in [0.29, 0.717) is 6.61 Å². The van der Waals surface area contributed by atoms with Gasteiger partial charge in [-0.25, -0.2) is 4.79 Å². The first-order valence-electron chi connectivity index (χ1n) is 17.5. The minimum atomic E-state index is -3.71. The van der Waals surface area contributed by atoms with Gasteiger partial charge in [-0.05, 0) is 18.1 Å². The minimum absolute atomic E-state index is 0.00369. The van der Waals surface area contributed by atoms with Crippen molar-refractivity contribution in [1.29, 1.82) is 0 Å². The Bertz CT molecular complexity index is 1120. The van der Waals surface area contributed by atoms with Gasteiger partial charge in [-0.1, -0.05) is 134 Å². The molecule has 0 bridgehead atoms. The second-order valence-corrected chi connectivity index (χ2v) is 14.0. The molecular weight excluding hydrogens is 605 g/mol. The molecule has 1 aromatic carbocycles. The van der Waals surface area contributed by atoms with E-state index in [4.69, 9.17) is 24.3 Å². The highest BCUT2D eigenvalue weighted by Crippen LogP contribution is 2.49. The topological polar surface area (TPSA) is 135 Å². The molecule has 0 aliphatic carbocycles. The second-order valence-electron chi connectivity index (χ2n) is 12.0. The number of nitrogen functional groups attached to an aromatic ring is 1. The summed E-state index contributed by atoms with van der Waals surface area (Å²) in [5.74, 6) is 0.104. The van der Waals surface area contributed by atoms with Gasteiger partial charge in [-0.2, -0.15) is 4.98 Å². The van der Waals surface area contributed by atoms with Crippen molar-refractivity contribution in [3.8, 4) is 0 Å². The van der Waals surface area contributed by atoms with Crippen LogP contribution in [0.3, 0.4) is 0 Å². The number of aromatic nitrogens is 2. The van der Waals surface area contributed by atoms with E-state index in [9.17, 15) is 14.5 Å². The number of hydrogen-bond acceptors (Lipinski definition) is 9. The average molecular weight is 666 g/mol. The first-order chi connectivity index (χ1) is 22.5. The number of rotatable bonds is 30. The molecule has 0 fully saturated rings. The molecule has 0 aliphatic rings. The highest BCUT2D eigenvalue weighted by molar-refractivity contribution is 7.53. The van der Waals surface area contributed by atoms with Crippen LogP contribution < -0.4 is 11.4 Å². The zero-order valence-corrected chi connectivity index (χ0v) is 29.1. The van der Waals surface area contributed by atoms with Crippen LogP contribution >= 0.6 is 7.60 Å². The maximum atomic E-state index is 13.6. The third kappa shape index (κ3) is 19.6. The van der Waals surface area contributed by atoms with E-state index in [1.165, 1.54) is 107 Å². The molecule has 0 saturated heterocycles. The molecule has 1 heterocycles. The molecule has 1 aromatic heterocycles. The van der Waals surface area contributed by atoms with Crippen LogP contribution in [0.2, 0.25) is 0 Å². The molecule has 0 radical (unpaired) electrons. The third-order valence-corrected chi connectivity index (χ3v) is 9.46. The minimum Gasteiger partial charge on any atom is -0.394 e. The lowest BCUT2D eigenvalue weighted by molar-refractivity contribution is 0.0112. The molecule has 11 heteroatoms. The fraction of sp³-hybridized carbons (Fsp3) is 0.714. The lowest BCUT2D eigenvalue weighted by Crippen LogP contribution is -2.32. The molecule has 2 aromatic rings. The van der Waals surface area contributed by atoms with Crippen LogP contribution in [0.25, 0.3) is 0 Å². The molecule has 46 heavy (non-hydrogen) atoms. The van der Waals surface area contributed by atoms with Crippen LogP contribution in [0.15, 0.2) is 47.4 Å². The van der Waals surface area contributed by atoms with Gasteiger partial charge < -0.3 is 29.4 Å². The number of anilines is 1. The van der Waals surface area contributed by atoms with E-state index in [2.05, 4.69) is 11.9 Å². The highest BCUT2D eigenvalue weighted by Gasteiger charge is 2.27. The van der Waals surface area contributed by atoms with E-state index in [0.717, 1.165) is 18.4 Å². The summed E-state index contributed by atoms with van der Waals surface area (Å²) in [6.07, 6.45) is 21.4. The van der Waals surface area contributed by atoms with Crippen molar-refractivity contribution in [3.63, 3.8) is 0 Å². The molecule has 0 saturated carbocycles. The Hall–Kier alpha value is -2.07. The number of aliphatic hydroxyl groups excluding tert-OH is 1. The summed E-state index contributed by atoms with van der Waals surface area (Å²) in [6.45, 7) is 2.94. The molecule has 0 aliphatic heterocycles.